The van der Waals surface area contributed by atoms with Gasteiger partial charge in [-0.2, -0.15) is 0 Å². The van der Waals surface area contributed by atoms with Crippen LogP contribution in [0.25, 0.3) is 0 Å². The Labute approximate surface area is 94.3 Å². The molecule has 1 fully saturated rings. The van der Waals surface area contributed by atoms with Gasteiger partial charge in [0.2, 0.25) is 5.91 Å². The van der Waals surface area contributed by atoms with E-state index in [1.54, 1.807) is 23.1 Å². The van der Waals surface area contributed by atoms with E-state index in [4.69, 9.17) is 0 Å². The van der Waals surface area contributed by atoms with Crippen molar-refractivity contribution in [1.29, 1.82) is 0 Å². The highest BCUT2D eigenvalue weighted by molar-refractivity contribution is 5.83. The van der Waals surface area contributed by atoms with E-state index in [1.165, 1.54) is 6.07 Å². The second-order valence-corrected chi connectivity index (χ2v) is 4.63. The maximum atomic E-state index is 13.7. The summed E-state index contributed by atoms with van der Waals surface area (Å²) in [6.45, 7) is 4.70. The third-order valence-electron chi connectivity index (χ3n) is 2.89. The number of hydrogen-bond acceptors (Lipinski definition) is 2. The summed E-state index contributed by atoms with van der Waals surface area (Å²) in [6, 6.07) is 6.55. The lowest BCUT2D eigenvalue weighted by Crippen LogP contribution is -2.60. The van der Waals surface area contributed by atoms with Crippen LogP contribution in [0.1, 0.15) is 13.8 Å². The molecule has 1 heterocycles. The second kappa shape index (κ2) is 3.77. The SMILES string of the molecule is CC1(C)CNC(=O)CN1c1ccccc1F. The molecule has 3 nitrogen and oxygen atoms in total. The molecule has 1 aromatic rings. The fourth-order valence-electron chi connectivity index (χ4n) is 1.91. The van der Waals surface area contributed by atoms with Crippen LogP contribution >= 0.6 is 0 Å². The number of rotatable bonds is 1. The summed E-state index contributed by atoms with van der Waals surface area (Å²) in [4.78, 5) is 13.2. The number of para-hydroxylation sites is 1. The number of carbonyl (C=O) groups excluding carboxylic acids is 1. The van der Waals surface area contributed by atoms with Gasteiger partial charge in [0, 0.05) is 6.54 Å². The van der Waals surface area contributed by atoms with Gasteiger partial charge in [-0.25, -0.2) is 4.39 Å². The molecule has 0 bridgehead atoms. The number of carbonyl (C=O) groups is 1. The third-order valence-corrected chi connectivity index (χ3v) is 2.89. The van der Waals surface area contributed by atoms with Crippen LogP contribution in [0, 0.1) is 5.82 Å². The van der Waals surface area contributed by atoms with Crippen molar-refractivity contribution in [3.8, 4) is 0 Å². The lowest BCUT2D eigenvalue weighted by molar-refractivity contribution is -0.121. The van der Waals surface area contributed by atoms with Gasteiger partial charge in [0.05, 0.1) is 17.8 Å². The van der Waals surface area contributed by atoms with Gasteiger partial charge < -0.3 is 10.2 Å². The van der Waals surface area contributed by atoms with Gasteiger partial charge in [0.25, 0.3) is 0 Å². The number of halogens is 1. The fourth-order valence-corrected chi connectivity index (χ4v) is 1.91. The van der Waals surface area contributed by atoms with Crippen molar-refractivity contribution in [2.24, 2.45) is 0 Å². The standard InChI is InChI=1S/C12H15FN2O/c1-12(2)8-14-11(16)7-15(12)10-6-4-3-5-9(10)13/h3-6H,7-8H2,1-2H3,(H,14,16). The summed E-state index contributed by atoms with van der Waals surface area (Å²) < 4.78 is 13.7. The van der Waals surface area contributed by atoms with Crippen molar-refractivity contribution in [3.05, 3.63) is 30.1 Å². The molecule has 1 aliphatic rings. The molecule has 0 saturated carbocycles. The number of hydrogen-bond donors (Lipinski definition) is 1. The van der Waals surface area contributed by atoms with E-state index in [2.05, 4.69) is 5.32 Å². The van der Waals surface area contributed by atoms with Gasteiger partial charge in [-0.15, -0.1) is 0 Å². The number of piperazine rings is 1. The third kappa shape index (κ3) is 1.87. The predicted octanol–water partition coefficient (Wildman–Crippen LogP) is 1.54. The van der Waals surface area contributed by atoms with Crippen molar-refractivity contribution in [1.82, 2.24) is 5.32 Å². The second-order valence-electron chi connectivity index (χ2n) is 4.63. The molecule has 86 valence electrons. The Morgan fingerprint density at radius 1 is 1.38 bits per heavy atom. The molecule has 0 aliphatic carbocycles. The summed E-state index contributed by atoms with van der Waals surface area (Å²) in [7, 11) is 0. The van der Waals surface area contributed by atoms with Crippen LogP contribution in [0.15, 0.2) is 24.3 Å². The average Bonchev–Trinajstić information content (AvgIpc) is 2.23. The van der Waals surface area contributed by atoms with Crippen molar-refractivity contribution in [2.45, 2.75) is 19.4 Å². The van der Waals surface area contributed by atoms with Gasteiger partial charge in [0.1, 0.15) is 5.82 Å². The normalized spacial score (nSPS) is 19.4. The summed E-state index contributed by atoms with van der Waals surface area (Å²) in [5.41, 5.74) is 0.221. The van der Waals surface area contributed by atoms with Crippen LogP contribution in [0.4, 0.5) is 10.1 Å². The lowest BCUT2D eigenvalue weighted by Gasteiger charge is -2.43. The molecule has 1 aromatic carbocycles. The quantitative estimate of drug-likeness (QED) is 0.781. The van der Waals surface area contributed by atoms with Crippen LogP contribution in [-0.4, -0.2) is 24.5 Å². The van der Waals surface area contributed by atoms with Crippen LogP contribution in [-0.2, 0) is 4.79 Å². The summed E-state index contributed by atoms with van der Waals surface area (Å²) >= 11 is 0. The van der Waals surface area contributed by atoms with Crippen molar-refractivity contribution in [3.63, 3.8) is 0 Å². The molecule has 1 aliphatic heterocycles. The number of nitrogens with one attached hydrogen (secondary N) is 1. The number of benzene rings is 1. The maximum absolute atomic E-state index is 13.7. The summed E-state index contributed by atoms with van der Waals surface area (Å²) in [5, 5.41) is 2.79. The highest BCUT2D eigenvalue weighted by atomic mass is 19.1. The van der Waals surface area contributed by atoms with Gasteiger partial charge in [-0.05, 0) is 26.0 Å². The monoisotopic (exact) mass is 222 g/mol. The van der Waals surface area contributed by atoms with Crippen LogP contribution < -0.4 is 10.2 Å². The number of amides is 1. The highest BCUT2D eigenvalue weighted by Gasteiger charge is 2.34. The Balaban J connectivity index is 2.38. The zero-order valence-electron chi connectivity index (χ0n) is 9.46. The first-order chi connectivity index (χ1) is 7.50. The largest absolute Gasteiger partial charge is 0.353 e. The van der Waals surface area contributed by atoms with Gasteiger partial charge in [-0.3, -0.25) is 4.79 Å². The maximum Gasteiger partial charge on any atom is 0.239 e. The molecule has 16 heavy (non-hydrogen) atoms. The first kappa shape index (κ1) is 10.9. The summed E-state index contributed by atoms with van der Waals surface area (Å²) in [5.74, 6) is -0.354. The Hall–Kier alpha value is -1.58. The Morgan fingerprint density at radius 2 is 2.06 bits per heavy atom. The van der Waals surface area contributed by atoms with Crippen LogP contribution in [0.5, 0.6) is 0 Å². The first-order valence-corrected chi connectivity index (χ1v) is 5.29. The highest BCUT2D eigenvalue weighted by Crippen LogP contribution is 2.27. The average molecular weight is 222 g/mol. The van der Waals surface area contributed by atoms with E-state index in [9.17, 15) is 9.18 Å². The van der Waals surface area contributed by atoms with Gasteiger partial charge in [0.15, 0.2) is 0 Å². The minimum Gasteiger partial charge on any atom is -0.353 e. The zero-order chi connectivity index (χ0) is 11.8. The van der Waals surface area contributed by atoms with Crippen molar-refractivity contribution >= 4 is 11.6 Å². The molecular weight excluding hydrogens is 207 g/mol. The van der Waals surface area contributed by atoms with E-state index in [1.807, 2.05) is 13.8 Å². The topological polar surface area (TPSA) is 32.3 Å². The molecule has 0 atom stereocenters. The molecule has 1 N–H and O–H groups in total. The smallest absolute Gasteiger partial charge is 0.239 e. The van der Waals surface area contributed by atoms with Gasteiger partial charge >= 0.3 is 0 Å². The molecule has 0 aromatic heterocycles. The van der Waals surface area contributed by atoms with Crippen molar-refractivity contribution < 1.29 is 9.18 Å². The molecule has 2 rings (SSSR count). The molecule has 1 saturated heterocycles. The number of anilines is 1. The summed E-state index contributed by atoms with van der Waals surface area (Å²) in [6.07, 6.45) is 0. The van der Waals surface area contributed by atoms with Crippen LogP contribution in [0.3, 0.4) is 0 Å². The Kier molecular flexibility index (Phi) is 2.58. The molecule has 0 radical (unpaired) electrons. The van der Waals surface area contributed by atoms with E-state index in [0.717, 1.165) is 0 Å². The number of nitrogens with zero attached hydrogens (tertiary/aromatic N) is 1. The predicted molar refractivity (Wildman–Crippen MR) is 60.8 cm³/mol. The lowest BCUT2D eigenvalue weighted by atomic mass is 9.99. The molecule has 4 heteroatoms. The van der Waals surface area contributed by atoms with E-state index in [0.29, 0.717) is 12.2 Å². The minimum atomic E-state index is -0.287. The molecule has 1 amide bonds. The molecule has 0 unspecified atom stereocenters. The van der Waals surface area contributed by atoms with Crippen LogP contribution in [0.2, 0.25) is 0 Å². The Morgan fingerprint density at radius 3 is 2.75 bits per heavy atom. The van der Waals surface area contributed by atoms with E-state index < -0.39 is 0 Å². The molecule has 0 spiro atoms. The first-order valence-electron chi connectivity index (χ1n) is 5.29. The van der Waals surface area contributed by atoms with E-state index in [-0.39, 0.29) is 23.8 Å². The minimum absolute atomic E-state index is 0.0671. The van der Waals surface area contributed by atoms with E-state index >= 15 is 0 Å². The Bertz CT molecular complexity index is 417. The van der Waals surface area contributed by atoms with Crippen molar-refractivity contribution in [2.75, 3.05) is 18.0 Å². The molecular formula is C12H15FN2O. The zero-order valence-corrected chi connectivity index (χ0v) is 9.46. The fraction of sp³-hybridized carbons (Fsp3) is 0.417. The van der Waals surface area contributed by atoms with Gasteiger partial charge in [-0.1, -0.05) is 12.1 Å².